The van der Waals surface area contributed by atoms with Gasteiger partial charge in [0.15, 0.2) is 0 Å². The Labute approximate surface area is 169 Å². The first-order valence-electron chi connectivity index (χ1n) is 8.98. The molecule has 0 saturated carbocycles. The fraction of sp³-hybridized carbons (Fsp3) is 0.174. The highest BCUT2D eigenvalue weighted by Crippen LogP contribution is 2.17. The van der Waals surface area contributed by atoms with Crippen molar-refractivity contribution < 1.29 is 23.8 Å². The molecule has 0 heterocycles. The van der Waals surface area contributed by atoms with Crippen LogP contribution in [0.4, 0.5) is 0 Å². The van der Waals surface area contributed by atoms with Gasteiger partial charge >= 0.3 is 11.9 Å². The van der Waals surface area contributed by atoms with Crippen molar-refractivity contribution >= 4 is 24.1 Å². The third kappa shape index (κ3) is 7.00. The van der Waals surface area contributed by atoms with E-state index in [1.54, 1.807) is 36.4 Å². The van der Waals surface area contributed by atoms with E-state index in [4.69, 9.17) is 14.7 Å². The molecule has 0 aliphatic rings. The fourth-order valence-electron chi connectivity index (χ4n) is 2.29. The van der Waals surface area contributed by atoms with Crippen LogP contribution in [0.1, 0.15) is 24.5 Å². The smallest absolute Gasteiger partial charge is 0.348 e. The second-order valence-corrected chi connectivity index (χ2v) is 5.91. The van der Waals surface area contributed by atoms with Gasteiger partial charge in [-0.1, -0.05) is 31.2 Å². The normalized spacial score (nSPS) is 11.0. The van der Waals surface area contributed by atoms with Crippen molar-refractivity contribution in [1.82, 2.24) is 0 Å². The predicted molar refractivity (Wildman–Crippen MR) is 109 cm³/mol. The zero-order chi connectivity index (χ0) is 21.1. The van der Waals surface area contributed by atoms with E-state index in [0.29, 0.717) is 17.9 Å². The van der Waals surface area contributed by atoms with Gasteiger partial charge in [-0.3, -0.25) is 0 Å². The van der Waals surface area contributed by atoms with Crippen LogP contribution >= 0.6 is 0 Å². The summed E-state index contributed by atoms with van der Waals surface area (Å²) in [4.78, 5) is 23.6. The lowest BCUT2D eigenvalue weighted by Gasteiger charge is -2.04. The van der Waals surface area contributed by atoms with E-state index in [1.165, 1.54) is 19.3 Å². The molecule has 0 fully saturated rings. The maximum Gasteiger partial charge on any atom is 0.348 e. The Balaban J connectivity index is 2.02. The van der Waals surface area contributed by atoms with E-state index in [0.717, 1.165) is 17.7 Å². The van der Waals surface area contributed by atoms with Gasteiger partial charge in [0, 0.05) is 6.08 Å². The van der Waals surface area contributed by atoms with Gasteiger partial charge in [-0.15, -0.1) is 0 Å². The first-order chi connectivity index (χ1) is 14.0. The van der Waals surface area contributed by atoms with Gasteiger partial charge in [0.1, 0.15) is 23.1 Å². The first-order valence-corrected chi connectivity index (χ1v) is 8.98. The lowest BCUT2D eigenvalue weighted by atomic mass is 10.1. The molecule has 0 aliphatic carbocycles. The molecule has 148 valence electrons. The summed E-state index contributed by atoms with van der Waals surface area (Å²) in [6.45, 7) is 2.70. The van der Waals surface area contributed by atoms with Crippen molar-refractivity contribution in [1.29, 1.82) is 5.26 Å². The molecule has 0 radical (unpaired) electrons. The topological polar surface area (TPSA) is 85.6 Å². The maximum absolute atomic E-state index is 12.1. The summed E-state index contributed by atoms with van der Waals surface area (Å²) >= 11 is 0. The average Bonchev–Trinajstić information content (AvgIpc) is 2.75. The number of benzene rings is 2. The number of carbonyl (C=O) groups excluding carboxylic acids is 2. The molecular weight excluding hydrogens is 370 g/mol. The van der Waals surface area contributed by atoms with Crippen LogP contribution in [0.3, 0.4) is 0 Å². The number of hydrogen-bond acceptors (Lipinski definition) is 6. The highest BCUT2D eigenvalue weighted by atomic mass is 16.5. The molecule has 0 N–H and O–H groups in total. The summed E-state index contributed by atoms with van der Waals surface area (Å²) in [7, 11) is 1.20. The zero-order valence-corrected chi connectivity index (χ0v) is 16.3. The number of nitriles is 1. The van der Waals surface area contributed by atoms with Crippen molar-refractivity contribution in [2.45, 2.75) is 13.3 Å². The summed E-state index contributed by atoms with van der Waals surface area (Å²) in [6, 6.07) is 15.6. The predicted octanol–water partition coefficient (Wildman–Crippen LogP) is 4.17. The monoisotopic (exact) mass is 391 g/mol. The molecule has 29 heavy (non-hydrogen) atoms. The minimum atomic E-state index is -0.732. The molecule has 0 amide bonds. The lowest BCUT2D eigenvalue weighted by molar-refractivity contribution is -0.135. The van der Waals surface area contributed by atoms with Gasteiger partial charge in [0.05, 0.1) is 13.7 Å². The minimum absolute atomic E-state index is 0.151. The highest BCUT2D eigenvalue weighted by molar-refractivity contribution is 5.97. The number of nitrogens with zero attached hydrogens (tertiary/aromatic N) is 1. The molecule has 0 unspecified atom stereocenters. The second kappa shape index (κ2) is 11.1. The number of hydrogen-bond donors (Lipinski definition) is 0. The van der Waals surface area contributed by atoms with E-state index in [-0.39, 0.29) is 5.57 Å². The third-order valence-electron chi connectivity index (χ3n) is 3.68. The number of carbonyl (C=O) groups is 2. The van der Waals surface area contributed by atoms with Crippen molar-refractivity contribution in [3.05, 3.63) is 71.3 Å². The molecular formula is C23H21NO5. The Kier molecular flexibility index (Phi) is 8.21. The Morgan fingerprint density at radius 3 is 2.48 bits per heavy atom. The van der Waals surface area contributed by atoms with Crippen LogP contribution in [-0.2, 0) is 14.3 Å². The van der Waals surface area contributed by atoms with Gasteiger partial charge in [-0.05, 0) is 54.0 Å². The molecule has 6 nitrogen and oxygen atoms in total. The van der Waals surface area contributed by atoms with Crippen molar-refractivity contribution in [3.8, 4) is 17.6 Å². The SMILES string of the molecule is CCCOc1ccc(/C=C/C(=O)Oc2cccc(/C=C(\C#N)C(=O)OC)c2)cc1. The average molecular weight is 391 g/mol. The largest absolute Gasteiger partial charge is 0.494 e. The van der Waals surface area contributed by atoms with Gasteiger partial charge in [-0.25, -0.2) is 9.59 Å². The van der Waals surface area contributed by atoms with E-state index < -0.39 is 11.9 Å². The summed E-state index contributed by atoms with van der Waals surface area (Å²) in [5.74, 6) is -0.214. The van der Waals surface area contributed by atoms with Crippen LogP contribution in [0.2, 0.25) is 0 Å². The van der Waals surface area contributed by atoms with Crippen LogP contribution in [0, 0.1) is 11.3 Å². The molecule has 2 aromatic carbocycles. The molecule has 0 spiro atoms. The molecule has 0 aliphatic heterocycles. The summed E-state index contributed by atoms with van der Waals surface area (Å²) < 4.78 is 15.3. The molecule has 2 rings (SSSR count). The van der Waals surface area contributed by atoms with Gasteiger partial charge in [-0.2, -0.15) is 5.26 Å². The van der Waals surface area contributed by atoms with Crippen LogP contribution in [0.15, 0.2) is 60.2 Å². The van der Waals surface area contributed by atoms with Crippen molar-refractivity contribution in [2.75, 3.05) is 13.7 Å². The summed E-state index contributed by atoms with van der Waals surface area (Å²) in [6.07, 6.45) is 5.26. The van der Waals surface area contributed by atoms with E-state index in [2.05, 4.69) is 4.74 Å². The van der Waals surface area contributed by atoms with Crippen LogP contribution < -0.4 is 9.47 Å². The quantitative estimate of drug-likeness (QED) is 0.290. The Hall–Kier alpha value is -3.85. The third-order valence-corrected chi connectivity index (χ3v) is 3.68. The van der Waals surface area contributed by atoms with Crippen molar-refractivity contribution in [2.24, 2.45) is 0 Å². The second-order valence-electron chi connectivity index (χ2n) is 5.91. The maximum atomic E-state index is 12.1. The lowest BCUT2D eigenvalue weighted by Crippen LogP contribution is -2.04. The highest BCUT2D eigenvalue weighted by Gasteiger charge is 2.09. The van der Waals surface area contributed by atoms with Gasteiger partial charge in [0.25, 0.3) is 0 Å². The van der Waals surface area contributed by atoms with E-state index in [1.807, 2.05) is 31.2 Å². The standard InChI is InChI=1S/C23H21NO5/c1-3-13-28-20-10-7-17(8-11-20)9-12-22(25)29-21-6-4-5-18(15-21)14-19(16-24)23(26)27-2/h4-12,14-15H,3,13H2,1-2H3/b12-9+,19-14+. The molecule has 2 aromatic rings. The molecule has 6 heteroatoms. The molecule has 0 bridgehead atoms. The van der Waals surface area contributed by atoms with E-state index in [9.17, 15) is 9.59 Å². The number of methoxy groups -OCH3 is 1. The van der Waals surface area contributed by atoms with Gasteiger partial charge in [0.2, 0.25) is 0 Å². The first kappa shape index (κ1) is 21.5. The Morgan fingerprint density at radius 2 is 1.83 bits per heavy atom. The van der Waals surface area contributed by atoms with Crippen LogP contribution in [0.5, 0.6) is 11.5 Å². The van der Waals surface area contributed by atoms with Crippen LogP contribution in [-0.4, -0.2) is 25.7 Å². The molecule has 0 aromatic heterocycles. The van der Waals surface area contributed by atoms with Crippen LogP contribution in [0.25, 0.3) is 12.2 Å². The fourth-order valence-corrected chi connectivity index (χ4v) is 2.29. The van der Waals surface area contributed by atoms with Crippen molar-refractivity contribution in [3.63, 3.8) is 0 Å². The Bertz CT molecular complexity index is 952. The Morgan fingerprint density at radius 1 is 1.07 bits per heavy atom. The molecule has 0 atom stereocenters. The number of esters is 2. The summed E-state index contributed by atoms with van der Waals surface area (Å²) in [5, 5.41) is 9.02. The van der Waals surface area contributed by atoms with E-state index >= 15 is 0 Å². The minimum Gasteiger partial charge on any atom is -0.494 e. The summed E-state index contributed by atoms with van der Waals surface area (Å²) in [5.41, 5.74) is 1.21. The van der Waals surface area contributed by atoms with Gasteiger partial charge < -0.3 is 14.2 Å². The zero-order valence-electron chi connectivity index (χ0n) is 16.3. The number of rotatable bonds is 8. The molecule has 0 saturated heterocycles. The number of ether oxygens (including phenoxy) is 3.